The molecule has 0 aromatic carbocycles. The van der Waals surface area contributed by atoms with E-state index in [1.807, 2.05) is 21.6 Å². The van der Waals surface area contributed by atoms with Crippen molar-refractivity contribution in [2.45, 2.75) is 30.4 Å². The van der Waals surface area contributed by atoms with Gasteiger partial charge in [-0.1, -0.05) is 28.0 Å². The zero-order valence-corrected chi connectivity index (χ0v) is 9.38. The highest BCUT2D eigenvalue weighted by atomic mass is 33.1. The number of methoxy groups -OCH3 is 1. The molecule has 0 amide bonds. The molecule has 1 spiro atoms. The second kappa shape index (κ2) is 3.73. The summed E-state index contributed by atoms with van der Waals surface area (Å²) in [5.41, 5.74) is 0. The predicted molar refractivity (Wildman–Crippen MR) is 56.8 cm³/mol. The van der Waals surface area contributed by atoms with E-state index in [4.69, 9.17) is 4.74 Å². The molecule has 2 unspecified atom stereocenters. The molecule has 74 valence electrons. The first-order valence-electron chi connectivity index (χ1n) is 4.67. The molecule has 2 fully saturated rings. The Balaban J connectivity index is 2.13. The lowest BCUT2D eigenvalue weighted by Gasteiger charge is -2.26. The molecular weight excluding hydrogens is 204 g/mol. The van der Waals surface area contributed by atoms with Crippen molar-refractivity contribution in [2.24, 2.45) is 5.92 Å². The number of hydrogen-bond acceptors (Lipinski definition) is 4. The number of carbonyl (C=O) groups excluding carboxylic acids is 1. The minimum Gasteiger partial charge on any atom is -0.469 e. The minimum absolute atomic E-state index is 0.00694. The predicted octanol–water partition coefficient (Wildman–Crippen LogP) is 2.48. The molecule has 2 atom stereocenters. The van der Waals surface area contributed by atoms with Gasteiger partial charge in [-0.15, -0.1) is 0 Å². The van der Waals surface area contributed by atoms with Crippen molar-refractivity contribution < 1.29 is 9.53 Å². The van der Waals surface area contributed by atoms with Crippen LogP contribution in [0.3, 0.4) is 0 Å². The van der Waals surface area contributed by atoms with Gasteiger partial charge >= 0.3 is 5.97 Å². The van der Waals surface area contributed by atoms with Crippen LogP contribution >= 0.6 is 21.6 Å². The van der Waals surface area contributed by atoms with Gasteiger partial charge in [0.05, 0.1) is 13.0 Å². The summed E-state index contributed by atoms with van der Waals surface area (Å²) in [6.45, 7) is 0. The Labute approximate surface area is 86.6 Å². The highest BCUT2D eigenvalue weighted by molar-refractivity contribution is 8.77. The molecule has 1 aliphatic heterocycles. The van der Waals surface area contributed by atoms with Crippen LogP contribution in [0.2, 0.25) is 0 Å². The van der Waals surface area contributed by atoms with Crippen molar-refractivity contribution >= 4 is 27.6 Å². The molecule has 2 rings (SSSR count). The summed E-state index contributed by atoms with van der Waals surface area (Å²) in [4.78, 5) is 11.5. The smallest absolute Gasteiger partial charge is 0.310 e. The van der Waals surface area contributed by atoms with Crippen molar-refractivity contribution in [1.82, 2.24) is 0 Å². The standard InChI is InChI=1S/C9H14O2S2/c1-11-8(10)7-3-2-4-9(7)5-6-12-13-9/h7H,2-6H2,1H3. The van der Waals surface area contributed by atoms with Gasteiger partial charge in [-0.2, -0.15) is 0 Å². The Morgan fingerprint density at radius 1 is 1.54 bits per heavy atom. The average molecular weight is 218 g/mol. The minimum atomic E-state index is 0.00694. The van der Waals surface area contributed by atoms with E-state index in [1.165, 1.54) is 32.1 Å². The lowest BCUT2D eigenvalue weighted by Crippen LogP contribution is -2.33. The largest absolute Gasteiger partial charge is 0.469 e. The molecule has 13 heavy (non-hydrogen) atoms. The van der Waals surface area contributed by atoms with Crippen molar-refractivity contribution in [2.75, 3.05) is 12.9 Å². The molecule has 0 aromatic rings. The van der Waals surface area contributed by atoms with E-state index in [2.05, 4.69) is 0 Å². The van der Waals surface area contributed by atoms with Crippen molar-refractivity contribution in [1.29, 1.82) is 0 Å². The summed E-state index contributed by atoms with van der Waals surface area (Å²) < 4.78 is 5.09. The van der Waals surface area contributed by atoms with E-state index in [1.54, 1.807) is 0 Å². The molecule has 4 heteroatoms. The van der Waals surface area contributed by atoms with E-state index in [0.717, 1.165) is 6.42 Å². The van der Waals surface area contributed by atoms with E-state index in [-0.39, 0.29) is 16.6 Å². The number of carbonyl (C=O) groups is 1. The third-order valence-electron chi connectivity index (χ3n) is 3.05. The van der Waals surface area contributed by atoms with Gasteiger partial charge in [0.25, 0.3) is 0 Å². The fraction of sp³-hybridized carbons (Fsp3) is 0.889. The lowest BCUT2D eigenvalue weighted by atomic mass is 9.92. The molecule has 1 saturated carbocycles. The summed E-state index contributed by atoms with van der Waals surface area (Å²) in [7, 11) is 5.33. The second-order valence-electron chi connectivity index (χ2n) is 3.69. The van der Waals surface area contributed by atoms with Crippen LogP contribution in [0.25, 0.3) is 0 Å². The van der Waals surface area contributed by atoms with Gasteiger partial charge in [0.15, 0.2) is 0 Å². The quantitative estimate of drug-likeness (QED) is 0.499. The third kappa shape index (κ3) is 1.59. The number of ether oxygens (including phenoxy) is 1. The maximum absolute atomic E-state index is 11.5. The molecule has 0 N–H and O–H groups in total. The van der Waals surface area contributed by atoms with E-state index in [9.17, 15) is 4.79 Å². The van der Waals surface area contributed by atoms with Crippen LogP contribution in [0.5, 0.6) is 0 Å². The summed E-state index contributed by atoms with van der Waals surface area (Å²) in [6, 6.07) is 0. The maximum Gasteiger partial charge on any atom is 0.310 e. The lowest BCUT2D eigenvalue weighted by molar-refractivity contribution is -0.146. The molecule has 0 aromatic heterocycles. The van der Waals surface area contributed by atoms with Crippen LogP contribution in [0.4, 0.5) is 0 Å². The molecular formula is C9H14O2S2. The van der Waals surface area contributed by atoms with Gasteiger partial charge in [-0.05, 0) is 19.3 Å². The summed E-state index contributed by atoms with van der Waals surface area (Å²) in [6.07, 6.45) is 4.60. The van der Waals surface area contributed by atoms with Gasteiger partial charge < -0.3 is 4.74 Å². The van der Waals surface area contributed by atoms with Crippen LogP contribution in [0.15, 0.2) is 0 Å². The van der Waals surface area contributed by atoms with Crippen molar-refractivity contribution in [3.05, 3.63) is 0 Å². The van der Waals surface area contributed by atoms with Crippen LogP contribution in [0.1, 0.15) is 25.7 Å². The highest BCUT2D eigenvalue weighted by Crippen LogP contribution is 2.58. The van der Waals surface area contributed by atoms with Crippen LogP contribution in [0, 0.1) is 5.92 Å². The molecule has 1 heterocycles. The fourth-order valence-corrected chi connectivity index (χ4v) is 6.02. The molecule has 2 aliphatic rings. The molecule has 1 aliphatic carbocycles. The summed E-state index contributed by atoms with van der Waals surface area (Å²) in [5, 5.41) is 0. The van der Waals surface area contributed by atoms with E-state index >= 15 is 0 Å². The Bertz CT molecular complexity index is 206. The molecule has 0 bridgehead atoms. The van der Waals surface area contributed by atoms with Crippen molar-refractivity contribution in [3.63, 3.8) is 0 Å². The first-order valence-corrected chi connectivity index (χ1v) is 6.99. The number of hydrogen-bond donors (Lipinski definition) is 0. The monoisotopic (exact) mass is 218 g/mol. The SMILES string of the molecule is COC(=O)C1CCCC12CCSS2. The fourth-order valence-electron chi connectivity index (χ4n) is 2.33. The summed E-state index contributed by atoms with van der Waals surface area (Å²) >= 11 is 0. The zero-order valence-electron chi connectivity index (χ0n) is 7.75. The first-order chi connectivity index (χ1) is 6.28. The maximum atomic E-state index is 11.5. The topological polar surface area (TPSA) is 26.3 Å². The highest BCUT2D eigenvalue weighted by Gasteiger charge is 2.50. The van der Waals surface area contributed by atoms with Gasteiger partial charge in [0, 0.05) is 10.5 Å². The Morgan fingerprint density at radius 3 is 3.00 bits per heavy atom. The average Bonchev–Trinajstić information content (AvgIpc) is 2.76. The van der Waals surface area contributed by atoms with E-state index in [0.29, 0.717) is 0 Å². The number of esters is 1. The zero-order chi connectivity index (χ0) is 9.31. The Kier molecular flexibility index (Phi) is 2.79. The van der Waals surface area contributed by atoms with Gasteiger partial charge in [0.1, 0.15) is 0 Å². The van der Waals surface area contributed by atoms with E-state index < -0.39 is 0 Å². The normalized spacial score (nSPS) is 38.4. The van der Waals surface area contributed by atoms with Crippen LogP contribution in [-0.4, -0.2) is 23.6 Å². The second-order valence-corrected chi connectivity index (χ2v) is 6.52. The van der Waals surface area contributed by atoms with Crippen LogP contribution in [-0.2, 0) is 9.53 Å². The third-order valence-corrected chi connectivity index (χ3v) is 6.41. The first kappa shape index (κ1) is 9.71. The summed E-state index contributed by atoms with van der Waals surface area (Å²) in [5.74, 6) is 1.36. The molecule has 1 saturated heterocycles. The Hall–Kier alpha value is 0.170. The number of rotatable bonds is 1. The molecule has 2 nitrogen and oxygen atoms in total. The van der Waals surface area contributed by atoms with Gasteiger partial charge in [-0.3, -0.25) is 4.79 Å². The van der Waals surface area contributed by atoms with Crippen molar-refractivity contribution in [3.8, 4) is 0 Å². The van der Waals surface area contributed by atoms with Gasteiger partial charge in [0.2, 0.25) is 0 Å². The Morgan fingerprint density at radius 2 is 2.38 bits per heavy atom. The molecule has 0 radical (unpaired) electrons. The van der Waals surface area contributed by atoms with Crippen LogP contribution < -0.4 is 0 Å². The van der Waals surface area contributed by atoms with Gasteiger partial charge in [-0.25, -0.2) is 0 Å².